The van der Waals surface area contributed by atoms with Crippen molar-refractivity contribution in [1.29, 1.82) is 0 Å². The maximum Gasteiger partial charge on any atom is 0.240 e. The van der Waals surface area contributed by atoms with E-state index in [-0.39, 0.29) is 29.9 Å². The van der Waals surface area contributed by atoms with Gasteiger partial charge >= 0.3 is 0 Å². The summed E-state index contributed by atoms with van der Waals surface area (Å²) in [5.41, 5.74) is 5.58. The second kappa shape index (κ2) is 11.5. The summed E-state index contributed by atoms with van der Waals surface area (Å²) in [6, 6.07) is 22.3. The van der Waals surface area contributed by atoms with Crippen LogP contribution in [0.3, 0.4) is 0 Å². The highest BCUT2D eigenvalue weighted by atomic mass is 32.2. The SMILES string of the molecule is CCCNC(=O)CN1C(=O)CS[C@H](c2ccccc2F)c2c(-c3ccccc3)nn(-c3cccc(C)c3C)c21. The highest BCUT2D eigenvalue weighted by molar-refractivity contribution is 8.00. The lowest BCUT2D eigenvalue weighted by atomic mass is 9.99. The summed E-state index contributed by atoms with van der Waals surface area (Å²) in [4.78, 5) is 28.2. The van der Waals surface area contributed by atoms with Crippen LogP contribution >= 0.6 is 11.8 Å². The number of amides is 2. The average molecular weight is 543 g/mol. The van der Waals surface area contributed by atoms with Gasteiger partial charge in [0.05, 0.1) is 22.4 Å². The topological polar surface area (TPSA) is 67.2 Å². The van der Waals surface area contributed by atoms with E-state index >= 15 is 4.39 Å². The van der Waals surface area contributed by atoms with Crippen LogP contribution in [0.25, 0.3) is 16.9 Å². The number of rotatable bonds is 7. The Hall–Kier alpha value is -3.91. The molecule has 5 rings (SSSR count). The molecule has 6 nitrogen and oxygen atoms in total. The third kappa shape index (κ3) is 5.21. The van der Waals surface area contributed by atoms with Gasteiger partial charge in [-0.05, 0) is 43.5 Å². The first-order valence-corrected chi connectivity index (χ1v) is 14.1. The van der Waals surface area contributed by atoms with Crippen LogP contribution in [-0.2, 0) is 9.59 Å². The number of aromatic nitrogens is 2. The van der Waals surface area contributed by atoms with Crippen LogP contribution < -0.4 is 10.2 Å². The Kier molecular flexibility index (Phi) is 7.84. The zero-order valence-corrected chi connectivity index (χ0v) is 23.1. The molecular formula is C31H31FN4O2S. The molecule has 0 bridgehead atoms. The zero-order chi connectivity index (χ0) is 27.5. The standard InChI is InChI=1S/C31H31FN4O2S/c1-4-17-33-26(37)18-35-27(38)19-39-30(23-14-8-9-15-24(23)32)28-29(22-12-6-5-7-13-22)34-36(31(28)35)25-16-10-11-20(2)21(25)3/h5-16,30H,4,17-19H2,1-3H3,(H,33,37)/t30-/m1/s1. The number of nitrogens with one attached hydrogen (secondary N) is 1. The maximum absolute atomic E-state index is 15.3. The summed E-state index contributed by atoms with van der Waals surface area (Å²) in [6.45, 7) is 6.39. The molecule has 2 amide bonds. The fourth-order valence-corrected chi connectivity index (χ4v) is 6.08. The van der Waals surface area contributed by atoms with Gasteiger partial charge in [-0.25, -0.2) is 9.07 Å². The number of hydrogen-bond donors (Lipinski definition) is 1. The summed E-state index contributed by atoms with van der Waals surface area (Å²) in [6.07, 6.45) is 0.786. The van der Waals surface area contributed by atoms with Gasteiger partial charge in [0.25, 0.3) is 0 Å². The Morgan fingerprint density at radius 1 is 1.05 bits per heavy atom. The highest BCUT2D eigenvalue weighted by Gasteiger charge is 2.38. The molecule has 3 aromatic carbocycles. The molecule has 0 saturated heterocycles. The molecule has 0 fully saturated rings. The fourth-order valence-electron chi connectivity index (χ4n) is 4.86. The third-order valence-electron chi connectivity index (χ3n) is 7.00. The van der Waals surface area contributed by atoms with Gasteiger partial charge < -0.3 is 5.32 Å². The van der Waals surface area contributed by atoms with Gasteiger partial charge in [-0.2, -0.15) is 5.10 Å². The summed E-state index contributed by atoms with van der Waals surface area (Å²) >= 11 is 1.36. The molecule has 1 aliphatic rings. The van der Waals surface area contributed by atoms with Crippen molar-refractivity contribution in [2.45, 2.75) is 32.4 Å². The van der Waals surface area contributed by atoms with E-state index in [1.165, 1.54) is 22.7 Å². The first-order valence-electron chi connectivity index (χ1n) is 13.1. The van der Waals surface area contributed by atoms with Crippen molar-refractivity contribution in [2.24, 2.45) is 0 Å². The number of carbonyl (C=O) groups is 2. The molecule has 8 heteroatoms. The highest BCUT2D eigenvalue weighted by Crippen LogP contribution is 2.49. The molecule has 2 heterocycles. The smallest absolute Gasteiger partial charge is 0.240 e. The van der Waals surface area contributed by atoms with Crippen LogP contribution in [0.2, 0.25) is 0 Å². The molecule has 1 atom stereocenters. The lowest BCUT2D eigenvalue weighted by Crippen LogP contribution is -2.42. The predicted molar refractivity (Wildman–Crippen MR) is 155 cm³/mol. The van der Waals surface area contributed by atoms with Crippen molar-refractivity contribution < 1.29 is 14.0 Å². The van der Waals surface area contributed by atoms with E-state index in [9.17, 15) is 9.59 Å². The van der Waals surface area contributed by atoms with E-state index in [4.69, 9.17) is 5.10 Å². The average Bonchev–Trinajstić information content (AvgIpc) is 3.27. The Bertz CT molecular complexity index is 1520. The number of thioether (sulfide) groups is 1. The fraction of sp³-hybridized carbons (Fsp3) is 0.258. The van der Waals surface area contributed by atoms with Gasteiger partial charge in [0.1, 0.15) is 18.2 Å². The molecule has 0 radical (unpaired) electrons. The zero-order valence-electron chi connectivity index (χ0n) is 22.3. The van der Waals surface area contributed by atoms with Crippen LogP contribution in [0.15, 0.2) is 72.8 Å². The molecule has 4 aromatic rings. The minimum atomic E-state index is -0.511. The van der Waals surface area contributed by atoms with E-state index in [1.807, 2.05) is 69.3 Å². The van der Waals surface area contributed by atoms with Crippen molar-refractivity contribution >= 4 is 29.4 Å². The Balaban J connectivity index is 1.83. The molecule has 0 saturated carbocycles. The van der Waals surface area contributed by atoms with Gasteiger partial charge in [0, 0.05) is 23.2 Å². The first-order chi connectivity index (χ1) is 18.9. The van der Waals surface area contributed by atoms with Crippen LogP contribution in [0.5, 0.6) is 0 Å². The minimum absolute atomic E-state index is 0.0930. The quantitative estimate of drug-likeness (QED) is 0.312. The number of aryl methyl sites for hydroxylation is 1. The lowest BCUT2D eigenvalue weighted by Gasteiger charge is -2.24. The molecule has 0 unspecified atom stereocenters. The van der Waals surface area contributed by atoms with E-state index < -0.39 is 5.25 Å². The lowest BCUT2D eigenvalue weighted by molar-refractivity contribution is -0.122. The Morgan fingerprint density at radius 2 is 1.79 bits per heavy atom. The Labute approximate surface area is 232 Å². The molecule has 1 aliphatic heterocycles. The number of fused-ring (bicyclic) bond motifs is 1. The number of anilines is 1. The van der Waals surface area contributed by atoms with Gasteiger partial charge in [0.2, 0.25) is 11.8 Å². The van der Waals surface area contributed by atoms with Gasteiger partial charge in [-0.15, -0.1) is 11.8 Å². The van der Waals surface area contributed by atoms with Crippen molar-refractivity contribution in [3.8, 4) is 16.9 Å². The number of halogens is 1. The van der Waals surface area contributed by atoms with Crippen LogP contribution in [0.1, 0.15) is 40.8 Å². The predicted octanol–water partition coefficient (Wildman–Crippen LogP) is 5.99. The van der Waals surface area contributed by atoms with Gasteiger partial charge in [-0.1, -0.05) is 67.6 Å². The summed E-state index contributed by atoms with van der Waals surface area (Å²) in [5, 5.41) is 7.47. The third-order valence-corrected chi connectivity index (χ3v) is 8.24. The summed E-state index contributed by atoms with van der Waals surface area (Å²) in [5.74, 6) is -0.229. The molecular weight excluding hydrogens is 511 g/mol. The largest absolute Gasteiger partial charge is 0.355 e. The number of nitrogens with zero attached hydrogens (tertiary/aromatic N) is 3. The van der Waals surface area contributed by atoms with Crippen LogP contribution in [-0.4, -0.2) is 40.4 Å². The van der Waals surface area contributed by atoms with E-state index in [1.54, 1.807) is 22.9 Å². The molecule has 39 heavy (non-hydrogen) atoms. The molecule has 0 spiro atoms. The van der Waals surface area contributed by atoms with Crippen molar-refractivity contribution in [2.75, 3.05) is 23.7 Å². The maximum atomic E-state index is 15.3. The Morgan fingerprint density at radius 3 is 2.54 bits per heavy atom. The molecule has 1 N–H and O–H groups in total. The van der Waals surface area contributed by atoms with Gasteiger partial charge in [0.15, 0.2) is 0 Å². The van der Waals surface area contributed by atoms with Crippen molar-refractivity contribution in [3.63, 3.8) is 0 Å². The van der Waals surface area contributed by atoms with Crippen LogP contribution in [0.4, 0.5) is 10.2 Å². The molecule has 1 aromatic heterocycles. The monoisotopic (exact) mass is 542 g/mol. The molecule has 200 valence electrons. The number of hydrogen-bond acceptors (Lipinski definition) is 4. The normalized spacial score (nSPS) is 15.1. The number of benzene rings is 3. The minimum Gasteiger partial charge on any atom is -0.355 e. The van der Waals surface area contributed by atoms with Crippen LogP contribution in [0, 0.1) is 19.7 Å². The second-order valence-corrected chi connectivity index (χ2v) is 10.7. The summed E-state index contributed by atoms with van der Waals surface area (Å²) < 4.78 is 17.1. The molecule has 0 aliphatic carbocycles. The van der Waals surface area contributed by atoms with Crippen molar-refractivity contribution in [3.05, 3.63) is 101 Å². The van der Waals surface area contributed by atoms with Gasteiger partial charge in [-0.3, -0.25) is 14.5 Å². The number of carbonyl (C=O) groups excluding carboxylic acids is 2. The second-order valence-electron chi connectivity index (χ2n) is 9.63. The summed E-state index contributed by atoms with van der Waals surface area (Å²) in [7, 11) is 0. The van der Waals surface area contributed by atoms with Crippen molar-refractivity contribution in [1.82, 2.24) is 15.1 Å². The first kappa shape index (κ1) is 26.7. The van der Waals surface area contributed by atoms with E-state index in [2.05, 4.69) is 5.32 Å². The van der Waals surface area contributed by atoms with E-state index in [0.717, 1.165) is 28.8 Å². The van der Waals surface area contributed by atoms with E-state index in [0.29, 0.717) is 29.2 Å².